The van der Waals surface area contributed by atoms with E-state index in [1.807, 2.05) is 40.8 Å². The highest BCUT2D eigenvalue weighted by Crippen LogP contribution is 2.40. The van der Waals surface area contributed by atoms with Crippen molar-refractivity contribution in [3.05, 3.63) is 125 Å². The van der Waals surface area contributed by atoms with Gasteiger partial charge in [-0.1, -0.05) is 66.7 Å². The predicted octanol–water partition coefficient (Wildman–Crippen LogP) is 6.37. The van der Waals surface area contributed by atoms with Crippen molar-refractivity contribution in [1.82, 2.24) is 9.80 Å². The number of para-hydroxylation sites is 1. The Morgan fingerprint density at radius 1 is 0.729 bits per heavy atom. The number of alkyl halides is 1. The Bertz CT molecular complexity index is 1570. The summed E-state index contributed by atoms with van der Waals surface area (Å²) in [6.45, 7) is 8.36. The molecule has 0 radical (unpaired) electrons. The highest BCUT2D eigenvalue weighted by atomic mass is 127. The van der Waals surface area contributed by atoms with Gasteiger partial charge in [0.05, 0.1) is 12.6 Å². The first-order valence-corrected chi connectivity index (χ1v) is 18.3. The zero-order chi connectivity index (χ0) is 33.0. The van der Waals surface area contributed by atoms with Crippen LogP contribution >= 0.6 is 22.6 Å². The summed E-state index contributed by atoms with van der Waals surface area (Å²) < 4.78 is 23.1. The molecule has 0 bridgehead atoms. The molecular weight excluding hydrogens is 717 g/mol. The second-order valence-corrected chi connectivity index (χ2v) is 12.7. The Morgan fingerprint density at radius 2 is 1.40 bits per heavy atom. The molecule has 2 aliphatic rings. The molecule has 8 nitrogen and oxygen atoms in total. The van der Waals surface area contributed by atoms with Crippen LogP contribution in [0, 0.1) is 0 Å². The number of nitrogens with zero attached hydrogens (tertiary/aromatic N) is 3. The van der Waals surface area contributed by atoms with Crippen LogP contribution in [0.15, 0.2) is 103 Å². The van der Waals surface area contributed by atoms with Crippen LogP contribution in [-0.2, 0) is 27.3 Å². The number of rotatable bonds is 15. The predicted molar refractivity (Wildman–Crippen MR) is 197 cm³/mol. The summed E-state index contributed by atoms with van der Waals surface area (Å²) >= 11 is 2.00. The molecule has 0 amide bonds. The van der Waals surface area contributed by atoms with E-state index in [4.69, 9.17) is 18.9 Å². The smallest absolute Gasteiger partial charge is 0.332 e. The van der Waals surface area contributed by atoms with E-state index in [9.17, 15) is 4.79 Å². The lowest BCUT2D eigenvalue weighted by molar-refractivity contribution is -0.146. The molecule has 0 spiro atoms. The second-order valence-electron chi connectivity index (χ2n) is 12.1. The first kappa shape index (κ1) is 34.2. The van der Waals surface area contributed by atoms with Gasteiger partial charge in [0.15, 0.2) is 0 Å². The van der Waals surface area contributed by atoms with Gasteiger partial charge in [-0.05, 0) is 87.7 Å². The number of anilines is 1. The number of esters is 1. The topological polar surface area (TPSA) is 63.7 Å². The number of piperazine rings is 1. The SMILES string of the molecule is O=C(COCCN1CCN(CCOc2ccc(C3c4ccc(OCc5ccccc5)cc4CCN3c3ccccc3)cc2)CC1)OCI. The Hall–Kier alpha value is -3.64. The first-order valence-electron chi connectivity index (χ1n) is 16.7. The summed E-state index contributed by atoms with van der Waals surface area (Å²) in [5, 5.41) is 0. The number of carbonyl (C=O) groups excluding carboxylic acids is 1. The van der Waals surface area contributed by atoms with E-state index in [0.717, 1.165) is 63.7 Å². The van der Waals surface area contributed by atoms with Crippen molar-refractivity contribution in [3.63, 3.8) is 0 Å². The molecule has 4 aromatic rings. The van der Waals surface area contributed by atoms with Crippen molar-refractivity contribution in [3.8, 4) is 11.5 Å². The number of carbonyl (C=O) groups is 1. The lowest BCUT2D eigenvalue weighted by Gasteiger charge is -2.39. The highest BCUT2D eigenvalue weighted by Gasteiger charge is 2.29. The second kappa shape index (κ2) is 17.7. The Balaban J connectivity index is 1.03. The number of halogens is 1. The van der Waals surface area contributed by atoms with Crippen LogP contribution in [0.4, 0.5) is 5.69 Å². The lowest BCUT2D eigenvalue weighted by Crippen LogP contribution is -2.48. The molecule has 0 saturated carbocycles. The van der Waals surface area contributed by atoms with Crippen molar-refractivity contribution in [2.45, 2.75) is 19.1 Å². The van der Waals surface area contributed by atoms with Gasteiger partial charge in [-0.3, -0.25) is 9.80 Å². The van der Waals surface area contributed by atoms with E-state index in [1.54, 1.807) is 0 Å². The van der Waals surface area contributed by atoms with Gasteiger partial charge >= 0.3 is 5.97 Å². The quantitative estimate of drug-likeness (QED) is 0.0601. The Kier molecular flexibility index (Phi) is 12.6. The van der Waals surface area contributed by atoms with Crippen LogP contribution in [0.25, 0.3) is 0 Å². The van der Waals surface area contributed by atoms with Crippen LogP contribution in [0.5, 0.6) is 11.5 Å². The maximum atomic E-state index is 11.4. The molecule has 9 heteroatoms. The van der Waals surface area contributed by atoms with Gasteiger partial charge in [0.25, 0.3) is 0 Å². The fourth-order valence-electron chi connectivity index (χ4n) is 6.42. The minimum atomic E-state index is -0.309. The minimum absolute atomic E-state index is 0.0202. The van der Waals surface area contributed by atoms with Crippen LogP contribution in [0.3, 0.4) is 0 Å². The Morgan fingerprint density at radius 3 is 2.10 bits per heavy atom. The average molecular weight is 762 g/mol. The summed E-state index contributed by atoms with van der Waals surface area (Å²) in [5.74, 6) is 1.49. The van der Waals surface area contributed by atoms with Crippen LogP contribution in [0.1, 0.15) is 28.3 Å². The van der Waals surface area contributed by atoms with Crippen molar-refractivity contribution in [2.75, 3.05) is 75.1 Å². The average Bonchev–Trinajstić information content (AvgIpc) is 3.14. The van der Waals surface area contributed by atoms with Crippen molar-refractivity contribution in [2.24, 2.45) is 0 Å². The van der Waals surface area contributed by atoms with E-state index < -0.39 is 0 Å². The molecule has 1 atom stereocenters. The highest BCUT2D eigenvalue weighted by molar-refractivity contribution is 14.1. The molecule has 252 valence electrons. The van der Waals surface area contributed by atoms with E-state index in [0.29, 0.717) is 24.4 Å². The number of fused-ring (bicyclic) bond motifs is 1. The number of hydrogen-bond acceptors (Lipinski definition) is 8. The van der Waals surface area contributed by atoms with E-state index in [1.165, 1.54) is 27.9 Å². The molecule has 1 saturated heterocycles. The first-order chi connectivity index (χ1) is 23.7. The van der Waals surface area contributed by atoms with Gasteiger partial charge in [-0.25, -0.2) is 4.79 Å². The van der Waals surface area contributed by atoms with Crippen molar-refractivity contribution < 1.29 is 23.7 Å². The Labute approximate surface area is 297 Å². The van der Waals surface area contributed by atoms with E-state index >= 15 is 0 Å². The van der Waals surface area contributed by atoms with Gasteiger partial charge < -0.3 is 23.8 Å². The number of ether oxygens (including phenoxy) is 4. The maximum absolute atomic E-state index is 11.4. The van der Waals surface area contributed by atoms with Gasteiger partial charge in [-0.15, -0.1) is 0 Å². The number of benzene rings is 4. The molecule has 48 heavy (non-hydrogen) atoms. The molecule has 6 rings (SSSR count). The molecule has 2 heterocycles. The fourth-order valence-corrected chi connectivity index (χ4v) is 6.77. The van der Waals surface area contributed by atoms with Gasteiger partial charge in [0.1, 0.15) is 35.9 Å². The normalized spacial score (nSPS) is 16.7. The van der Waals surface area contributed by atoms with Gasteiger partial charge in [-0.2, -0.15) is 0 Å². The summed E-state index contributed by atoms with van der Waals surface area (Å²) in [6, 6.07) is 36.3. The molecule has 1 unspecified atom stereocenters. The maximum Gasteiger partial charge on any atom is 0.332 e. The monoisotopic (exact) mass is 761 g/mol. The standard InChI is InChI=1S/C39H44IN3O5/c40-30-48-38(44)29-45-25-23-41-19-21-42(22-20-41)24-26-46-35-13-11-32(12-14-35)39-37-16-15-36(47-28-31-7-3-1-4-8-31)27-33(37)17-18-43(39)34-9-5-2-6-10-34/h1-16,27,39H,17-26,28-30H2. The molecule has 1 fully saturated rings. The third-order valence-electron chi connectivity index (χ3n) is 9.00. The van der Waals surface area contributed by atoms with Crippen LogP contribution in [0.2, 0.25) is 0 Å². The van der Waals surface area contributed by atoms with Crippen LogP contribution < -0.4 is 14.4 Å². The summed E-state index contributed by atoms with van der Waals surface area (Å²) in [5.41, 5.74) is 6.28. The molecule has 0 aliphatic carbocycles. The van der Waals surface area contributed by atoms with Crippen LogP contribution in [-0.4, -0.2) is 86.0 Å². The van der Waals surface area contributed by atoms with Gasteiger partial charge in [0, 0.05) is 51.5 Å². The zero-order valence-corrected chi connectivity index (χ0v) is 29.5. The molecular formula is C39H44IN3O5. The van der Waals surface area contributed by atoms with Gasteiger partial charge in [0.2, 0.25) is 0 Å². The van der Waals surface area contributed by atoms with E-state index in [-0.39, 0.29) is 18.6 Å². The number of hydrogen-bond donors (Lipinski definition) is 0. The fraction of sp³-hybridized carbons (Fsp3) is 0.359. The van der Waals surface area contributed by atoms with Crippen molar-refractivity contribution >= 4 is 34.2 Å². The molecule has 2 aliphatic heterocycles. The summed E-state index contributed by atoms with van der Waals surface area (Å²) in [7, 11) is 0. The minimum Gasteiger partial charge on any atom is -0.492 e. The molecule has 0 aromatic heterocycles. The summed E-state index contributed by atoms with van der Waals surface area (Å²) in [6.07, 6.45) is 0.960. The third-order valence-corrected chi connectivity index (χ3v) is 9.31. The summed E-state index contributed by atoms with van der Waals surface area (Å²) in [4.78, 5) is 18.7. The molecule has 0 N–H and O–H groups in total. The third kappa shape index (κ3) is 9.49. The van der Waals surface area contributed by atoms with E-state index in [2.05, 4.69) is 99.6 Å². The zero-order valence-electron chi connectivity index (χ0n) is 27.3. The lowest BCUT2D eigenvalue weighted by atomic mass is 9.87. The molecule has 4 aromatic carbocycles. The van der Waals surface area contributed by atoms with Crippen molar-refractivity contribution in [1.29, 1.82) is 0 Å². The largest absolute Gasteiger partial charge is 0.492 e.